The number of benzene rings is 3. The maximum absolute atomic E-state index is 13.7. The molecule has 0 aliphatic carbocycles. The molecule has 2 fully saturated rings. The van der Waals surface area contributed by atoms with Gasteiger partial charge in [0.2, 0.25) is 11.8 Å². The first kappa shape index (κ1) is 42.3. The Morgan fingerprint density at radius 2 is 1.27 bits per heavy atom. The molecule has 0 saturated carbocycles. The molecule has 326 valence electrons. The van der Waals surface area contributed by atoms with Gasteiger partial charge in [-0.25, -0.2) is 19.6 Å². The number of rotatable bonds is 11. The summed E-state index contributed by atoms with van der Waals surface area (Å²) in [5.74, 6) is 2.63. The average Bonchev–Trinajstić information content (AvgIpc) is 4.12. The summed E-state index contributed by atoms with van der Waals surface area (Å²) in [4.78, 5) is 71.6. The maximum Gasteiger partial charge on any atom is 0.407 e. The molecule has 4 amide bonds. The Hall–Kier alpha value is -6.38. The van der Waals surface area contributed by atoms with Crippen LogP contribution in [0.25, 0.3) is 33.3 Å². The van der Waals surface area contributed by atoms with E-state index in [1.807, 2.05) is 56.0 Å². The molecule has 5 heterocycles. The van der Waals surface area contributed by atoms with E-state index in [9.17, 15) is 19.2 Å². The Kier molecular flexibility index (Phi) is 12.0. The molecule has 5 atom stereocenters. The van der Waals surface area contributed by atoms with E-state index < -0.39 is 24.3 Å². The summed E-state index contributed by atoms with van der Waals surface area (Å²) in [7, 11) is 2.59. The predicted molar refractivity (Wildman–Crippen MR) is 233 cm³/mol. The van der Waals surface area contributed by atoms with Crippen LogP contribution in [0, 0.1) is 11.8 Å². The number of carbonyl (C=O) groups excluding carboxylic acids is 4. The molecular formula is C47H56N8O7. The van der Waals surface area contributed by atoms with E-state index >= 15 is 0 Å². The molecule has 1 unspecified atom stereocenters. The van der Waals surface area contributed by atoms with E-state index in [0.29, 0.717) is 18.9 Å². The van der Waals surface area contributed by atoms with E-state index in [1.165, 1.54) is 14.2 Å². The van der Waals surface area contributed by atoms with Gasteiger partial charge in [0.05, 0.1) is 50.1 Å². The van der Waals surface area contributed by atoms with Crippen molar-refractivity contribution in [3.8, 4) is 34.0 Å². The number of methoxy groups -OCH3 is 2. The number of carbonyl (C=O) groups is 4. The van der Waals surface area contributed by atoms with Gasteiger partial charge in [-0.3, -0.25) is 9.59 Å². The lowest BCUT2D eigenvalue weighted by Crippen LogP contribution is -2.51. The highest BCUT2D eigenvalue weighted by Crippen LogP contribution is 2.50. The zero-order chi connectivity index (χ0) is 43.8. The number of imidazole rings is 2. The molecule has 2 saturated heterocycles. The van der Waals surface area contributed by atoms with Crippen molar-refractivity contribution in [3.63, 3.8) is 0 Å². The van der Waals surface area contributed by atoms with Crippen LogP contribution in [0.1, 0.15) is 108 Å². The number of likely N-dealkylation sites (tertiary alicyclic amines) is 2. The monoisotopic (exact) mass is 844 g/mol. The Morgan fingerprint density at radius 3 is 1.79 bits per heavy atom. The van der Waals surface area contributed by atoms with Gasteiger partial charge in [0.1, 0.15) is 35.2 Å². The molecule has 2 aromatic heterocycles. The third-order valence-electron chi connectivity index (χ3n) is 12.7. The summed E-state index contributed by atoms with van der Waals surface area (Å²) in [6, 6.07) is 15.0. The van der Waals surface area contributed by atoms with Crippen LogP contribution >= 0.6 is 0 Å². The predicted octanol–water partition coefficient (Wildman–Crippen LogP) is 8.36. The third kappa shape index (κ3) is 7.95. The molecule has 8 rings (SSSR count). The maximum atomic E-state index is 13.7. The lowest BCUT2D eigenvalue weighted by Gasteiger charge is -2.30. The van der Waals surface area contributed by atoms with Crippen molar-refractivity contribution in [2.24, 2.45) is 11.8 Å². The zero-order valence-corrected chi connectivity index (χ0v) is 36.4. The molecule has 15 heteroatoms. The summed E-state index contributed by atoms with van der Waals surface area (Å²) < 4.78 is 16.3. The summed E-state index contributed by atoms with van der Waals surface area (Å²) in [5, 5.41) is 7.62. The minimum absolute atomic E-state index is 0.105. The fraction of sp³-hybridized carbons (Fsp3) is 0.447. The first-order valence-electron chi connectivity index (χ1n) is 21.7. The second-order valence-electron chi connectivity index (χ2n) is 17.2. The van der Waals surface area contributed by atoms with Crippen molar-refractivity contribution in [1.82, 2.24) is 40.4 Å². The fourth-order valence-corrected chi connectivity index (χ4v) is 9.42. The van der Waals surface area contributed by atoms with Crippen molar-refractivity contribution >= 4 is 34.8 Å². The highest BCUT2D eigenvalue weighted by molar-refractivity contribution is 5.93. The van der Waals surface area contributed by atoms with Gasteiger partial charge in [-0.05, 0) is 72.9 Å². The number of H-pyrrole nitrogens is 2. The number of amides is 4. The number of nitrogens with zero attached hydrogens (tertiary/aromatic N) is 4. The van der Waals surface area contributed by atoms with Crippen molar-refractivity contribution < 1.29 is 33.4 Å². The zero-order valence-electron chi connectivity index (χ0n) is 36.4. The minimum atomic E-state index is -0.704. The molecule has 62 heavy (non-hydrogen) atoms. The lowest BCUT2D eigenvalue weighted by atomic mass is 9.82. The van der Waals surface area contributed by atoms with Crippen LogP contribution in [0.4, 0.5) is 9.59 Å². The number of aromatic amines is 2. The summed E-state index contributed by atoms with van der Waals surface area (Å²) >= 11 is 0. The normalized spacial score (nSPS) is 19.2. The van der Waals surface area contributed by atoms with Gasteiger partial charge in [0.25, 0.3) is 0 Å². The van der Waals surface area contributed by atoms with Gasteiger partial charge < -0.3 is 44.6 Å². The van der Waals surface area contributed by atoms with E-state index in [4.69, 9.17) is 24.2 Å². The van der Waals surface area contributed by atoms with E-state index in [-0.39, 0.29) is 41.7 Å². The molecule has 0 radical (unpaired) electrons. The van der Waals surface area contributed by atoms with Gasteiger partial charge in [-0.15, -0.1) is 0 Å². The highest BCUT2D eigenvalue weighted by Gasteiger charge is 2.39. The Balaban J connectivity index is 1.00. The number of ether oxygens (including phenoxy) is 3. The van der Waals surface area contributed by atoms with Crippen LogP contribution in [-0.4, -0.2) is 93.1 Å². The molecular weight excluding hydrogens is 789 g/mol. The van der Waals surface area contributed by atoms with Crippen molar-refractivity contribution in [2.75, 3.05) is 27.3 Å². The van der Waals surface area contributed by atoms with Crippen LogP contribution in [0.2, 0.25) is 0 Å². The highest BCUT2D eigenvalue weighted by atomic mass is 16.5. The summed E-state index contributed by atoms with van der Waals surface area (Å²) in [6.07, 6.45) is 6.47. The SMILES string of the molecule is CCC1c2ccc(-c3cnc([C@@H]4CCCN4C(=O)[C@@H](NC(=O)OC)C(C)C)[nH]3)cc2Oc2ccc3cc(-c4cnc([C@@H]5CCCN5C(=O)[C@@H](NC(=O)OC)C(C)C)[nH]4)ccc3c21. The lowest BCUT2D eigenvalue weighted by molar-refractivity contribution is -0.136. The number of aromatic nitrogens is 4. The molecule has 3 aromatic carbocycles. The van der Waals surface area contributed by atoms with Crippen LogP contribution in [-0.2, 0) is 19.1 Å². The number of fused-ring (bicyclic) bond motifs is 4. The Bertz CT molecular complexity index is 2490. The quantitative estimate of drug-likeness (QED) is 0.101. The molecule has 5 aromatic rings. The molecule has 15 nitrogen and oxygen atoms in total. The molecule has 3 aliphatic rings. The van der Waals surface area contributed by atoms with Gasteiger partial charge in [0.15, 0.2) is 0 Å². The number of nitrogens with one attached hydrogen (secondary N) is 4. The van der Waals surface area contributed by atoms with E-state index in [2.05, 4.69) is 70.0 Å². The van der Waals surface area contributed by atoms with Crippen LogP contribution in [0.5, 0.6) is 11.5 Å². The van der Waals surface area contributed by atoms with Gasteiger partial charge in [-0.1, -0.05) is 65.0 Å². The van der Waals surface area contributed by atoms with Gasteiger partial charge >= 0.3 is 12.2 Å². The minimum Gasteiger partial charge on any atom is -0.457 e. The van der Waals surface area contributed by atoms with Crippen molar-refractivity contribution in [2.45, 2.75) is 96.8 Å². The topological polar surface area (TPSA) is 184 Å². The molecule has 0 spiro atoms. The van der Waals surface area contributed by atoms with Gasteiger partial charge in [-0.2, -0.15) is 0 Å². The Morgan fingerprint density at radius 1 is 0.742 bits per heavy atom. The summed E-state index contributed by atoms with van der Waals surface area (Å²) in [5.41, 5.74) is 5.86. The fourth-order valence-electron chi connectivity index (χ4n) is 9.42. The first-order valence-corrected chi connectivity index (χ1v) is 21.7. The van der Waals surface area contributed by atoms with Crippen LogP contribution < -0.4 is 15.4 Å². The smallest absolute Gasteiger partial charge is 0.407 e. The first-order chi connectivity index (χ1) is 29.9. The van der Waals surface area contributed by atoms with Crippen LogP contribution in [0.15, 0.2) is 60.9 Å². The van der Waals surface area contributed by atoms with Crippen molar-refractivity contribution in [3.05, 3.63) is 83.7 Å². The second-order valence-corrected chi connectivity index (χ2v) is 17.2. The number of alkyl carbamates (subject to hydrolysis) is 2. The van der Waals surface area contributed by atoms with Crippen molar-refractivity contribution in [1.29, 1.82) is 0 Å². The molecule has 3 aliphatic heterocycles. The largest absolute Gasteiger partial charge is 0.457 e. The van der Waals surface area contributed by atoms with Crippen LogP contribution in [0.3, 0.4) is 0 Å². The average molecular weight is 845 g/mol. The number of hydrogen-bond acceptors (Lipinski definition) is 9. The Labute approximate surface area is 361 Å². The molecule has 4 N–H and O–H groups in total. The molecule has 0 bridgehead atoms. The summed E-state index contributed by atoms with van der Waals surface area (Å²) in [6.45, 7) is 11.0. The number of hydrogen-bond donors (Lipinski definition) is 4. The second kappa shape index (κ2) is 17.5. The standard InChI is InChI=1S/C47H56N8O7/c1-8-30-32-17-14-29(34-24-49-43(51-34)36-12-10-20-55(36)45(57)41(26(4)5)53-47(59)61-7)22-38(32)62-37-18-15-27-21-28(13-16-31(27)39(30)37)33-23-48-42(50-33)35-11-9-19-54(35)44(56)40(25(2)3)52-46(58)60-6/h13-18,21-26,30,35-36,40-41H,8-12,19-20H2,1-7H3,(H,48,50)(H,49,51)(H,52,58)(H,53,59)/t30?,35-,36-,40-,41-/m0/s1. The third-order valence-corrected chi connectivity index (χ3v) is 12.7. The van der Waals surface area contributed by atoms with E-state index in [0.717, 1.165) is 93.8 Å². The van der Waals surface area contributed by atoms with E-state index in [1.54, 1.807) is 0 Å². The van der Waals surface area contributed by atoms with Gasteiger partial charge in [0, 0.05) is 41.3 Å².